The molecule has 7 nitrogen and oxygen atoms in total. The van der Waals surface area contributed by atoms with Crippen molar-refractivity contribution in [2.24, 2.45) is 5.92 Å². The van der Waals surface area contributed by atoms with Crippen LogP contribution >= 0.6 is 0 Å². The fourth-order valence-electron chi connectivity index (χ4n) is 2.71. The zero-order valence-electron chi connectivity index (χ0n) is 13.1. The van der Waals surface area contributed by atoms with Gasteiger partial charge in [-0.25, -0.2) is 0 Å². The third-order valence-corrected chi connectivity index (χ3v) is 4.01. The number of aliphatic hydroxyl groups excluding tert-OH is 1. The Balaban J connectivity index is 1.86. The predicted octanol–water partition coefficient (Wildman–Crippen LogP) is 1.81. The summed E-state index contributed by atoms with van der Waals surface area (Å²) < 4.78 is 10.4. The molecule has 1 aliphatic carbocycles. The van der Waals surface area contributed by atoms with Crippen LogP contribution in [0.1, 0.15) is 24.6 Å². The normalized spacial score (nSPS) is 21.2. The molecule has 122 valence electrons. The smallest absolute Gasteiger partial charge is 0.229 e. The van der Waals surface area contributed by atoms with Crippen molar-refractivity contribution in [2.75, 3.05) is 19.5 Å². The van der Waals surface area contributed by atoms with Crippen LogP contribution in [-0.4, -0.2) is 40.4 Å². The second-order valence-corrected chi connectivity index (χ2v) is 5.54. The molecule has 0 bridgehead atoms. The summed E-state index contributed by atoms with van der Waals surface area (Å²) >= 11 is 0. The summed E-state index contributed by atoms with van der Waals surface area (Å²) in [5, 5.41) is 12.9. The number of nitrogens with one attached hydrogen (secondary N) is 1. The van der Waals surface area contributed by atoms with Crippen LogP contribution in [-0.2, 0) is 0 Å². The van der Waals surface area contributed by atoms with Gasteiger partial charge in [0.05, 0.1) is 38.1 Å². The van der Waals surface area contributed by atoms with Gasteiger partial charge in [-0.15, -0.1) is 0 Å². The maximum absolute atomic E-state index is 9.63. The lowest BCUT2D eigenvalue weighted by atomic mass is 9.76. The van der Waals surface area contributed by atoms with Crippen molar-refractivity contribution in [3.63, 3.8) is 0 Å². The van der Waals surface area contributed by atoms with E-state index in [1.807, 2.05) is 18.2 Å². The molecule has 0 aromatic carbocycles. The molecule has 2 aromatic rings. The van der Waals surface area contributed by atoms with E-state index in [0.29, 0.717) is 17.7 Å². The van der Waals surface area contributed by atoms with E-state index in [1.165, 1.54) is 0 Å². The van der Waals surface area contributed by atoms with E-state index in [2.05, 4.69) is 20.3 Å². The van der Waals surface area contributed by atoms with E-state index in [0.717, 1.165) is 18.5 Å². The van der Waals surface area contributed by atoms with E-state index in [-0.39, 0.29) is 18.1 Å². The van der Waals surface area contributed by atoms with Crippen molar-refractivity contribution in [1.29, 1.82) is 0 Å². The molecule has 2 aromatic heterocycles. The molecule has 1 atom stereocenters. The SMILES string of the molecule is COc1cc(OC)nc(N[C@@H](c2ccccn2)C2CC(O)C2)n1. The maximum Gasteiger partial charge on any atom is 0.229 e. The van der Waals surface area contributed by atoms with Crippen molar-refractivity contribution in [3.8, 4) is 11.8 Å². The molecule has 3 rings (SSSR count). The molecule has 2 N–H and O–H groups in total. The van der Waals surface area contributed by atoms with Crippen LogP contribution in [0.3, 0.4) is 0 Å². The zero-order valence-corrected chi connectivity index (χ0v) is 13.1. The third kappa shape index (κ3) is 3.50. The van der Waals surface area contributed by atoms with Gasteiger partial charge in [-0.05, 0) is 30.9 Å². The van der Waals surface area contributed by atoms with Gasteiger partial charge in [0.1, 0.15) is 0 Å². The summed E-state index contributed by atoms with van der Waals surface area (Å²) in [7, 11) is 3.09. The fraction of sp³-hybridized carbons (Fsp3) is 0.438. The molecule has 0 aliphatic heterocycles. The summed E-state index contributed by atoms with van der Waals surface area (Å²) in [6.07, 6.45) is 2.98. The van der Waals surface area contributed by atoms with Crippen LogP contribution in [0, 0.1) is 5.92 Å². The average Bonchev–Trinajstić information content (AvgIpc) is 2.57. The van der Waals surface area contributed by atoms with Crippen molar-refractivity contribution >= 4 is 5.95 Å². The first kappa shape index (κ1) is 15.5. The second-order valence-electron chi connectivity index (χ2n) is 5.54. The van der Waals surface area contributed by atoms with Gasteiger partial charge in [0, 0.05) is 6.20 Å². The Labute approximate surface area is 134 Å². The number of rotatable bonds is 6. The number of methoxy groups -OCH3 is 2. The van der Waals surface area contributed by atoms with Crippen LogP contribution in [0.25, 0.3) is 0 Å². The molecule has 1 aliphatic rings. The van der Waals surface area contributed by atoms with Gasteiger partial charge in [-0.2, -0.15) is 9.97 Å². The molecule has 0 radical (unpaired) electrons. The second kappa shape index (κ2) is 6.78. The number of ether oxygens (including phenoxy) is 2. The van der Waals surface area contributed by atoms with Gasteiger partial charge in [-0.3, -0.25) is 4.98 Å². The first-order valence-corrected chi connectivity index (χ1v) is 7.52. The molecule has 0 spiro atoms. The van der Waals surface area contributed by atoms with Crippen molar-refractivity contribution < 1.29 is 14.6 Å². The van der Waals surface area contributed by atoms with E-state index >= 15 is 0 Å². The number of aromatic nitrogens is 3. The minimum Gasteiger partial charge on any atom is -0.481 e. The standard InChI is InChI=1S/C16H20N4O3/c1-22-13-9-14(23-2)19-16(18-13)20-15(10-7-11(21)8-10)12-5-3-4-6-17-12/h3-6,9-11,15,21H,7-8H2,1-2H3,(H,18,19,20)/t10?,11?,15-/m1/s1. The van der Waals surface area contributed by atoms with E-state index in [1.54, 1.807) is 26.5 Å². The van der Waals surface area contributed by atoms with Gasteiger partial charge in [0.25, 0.3) is 0 Å². The molecule has 7 heteroatoms. The maximum atomic E-state index is 9.63. The van der Waals surface area contributed by atoms with Gasteiger partial charge in [0.2, 0.25) is 17.7 Å². The van der Waals surface area contributed by atoms with Crippen LogP contribution < -0.4 is 14.8 Å². The minimum atomic E-state index is -0.242. The highest BCUT2D eigenvalue weighted by molar-refractivity contribution is 5.36. The van der Waals surface area contributed by atoms with Crippen molar-refractivity contribution in [2.45, 2.75) is 25.0 Å². The Bertz CT molecular complexity index is 625. The third-order valence-electron chi connectivity index (χ3n) is 4.01. The highest BCUT2D eigenvalue weighted by Crippen LogP contribution is 2.39. The molecule has 0 unspecified atom stereocenters. The lowest BCUT2D eigenvalue weighted by molar-refractivity contribution is 0.0333. The Morgan fingerprint density at radius 2 is 1.87 bits per heavy atom. The molecule has 0 amide bonds. The first-order valence-electron chi connectivity index (χ1n) is 7.52. The van der Waals surface area contributed by atoms with Gasteiger partial charge in [-0.1, -0.05) is 6.07 Å². The Morgan fingerprint density at radius 3 is 2.39 bits per heavy atom. The lowest BCUT2D eigenvalue weighted by Crippen LogP contribution is -2.36. The van der Waals surface area contributed by atoms with Crippen molar-refractivity contribution in [3.05, 3.63) is 36.2 Å². The summed E-state index contributed by atoms with van der Waals surface area (Å²) in [6, 6.07) is 7.32. The van der Waals surface area contributed by atoms with Crippen LogP contribution in [0.2, 0.25) is 0 Å². The molecular formula is C16H20N4O3. The highest BCUT2D eigenvalue weighted by Gasteiger charge is 2.36. The first-order chi connectivity index (χ1) is 11.2. The average molecular weight is 316 g/mol. The number of aliphatic hydroxyl groups is 1. The number of nitrogens with zero attached hydrogens (tertiary/aromatic N) is 3. The number of anilines is 1. The molecule has 2 heterocycles. The van der Waals surface area contributed by atoms with Gasteiger partial charge < -0.3 is 19.9 Å². The van der Waals surface area contributed by atoms with Crippen LogP contribution in [0.4, 0.5) is 5.95 Å². The summed E-state index contributed by atoms with van der Waals surface area (Å²) in [4.78, 5) is 13.0. The van der Waals surface area contributed by atoms with Crippen molar-refractivity contribution in [1.82, 2.24) is 15.0 Å². The molecule has 1 fully saturated rings. The monoisotopic (exact) mass is 316 g/mol. The topological polar surface area (TPSA) is 89.4 Å². The predicted molar refractivity (Wildman–Crippen MR) is 84.5 cm³/mol. The Kier molecular flexibility index (Phi) is 4.57. The highest BCUT2D eigenvalue weighted by atomic mass is 16.5. The van der Waals surface area contributed by atoms with Crippen LogP contribution in [0.5, 0.6) is 11.8 Å². The molecule has 0 saturated heterocycles. The van der Waals surface area contributed by atoms with Gasteiger partial charge in [0.15, 0.2) is 0 Å². The largest absolute Gasteiger partial charge is 0.481 e. The summed E-state index contributed by atoms with van der Waals surface area (Å²) in [5.74, 6) is 1.54. The van der Waals surface area contributed by atoms with E-state index < -0.39 is 0 Å². The van der Waals surface area contributed by atoms with Gasteiger partial charge >= 0.3 is 0 Å². The Hall–Kier alpha value is -2.41. The summed E-state index contributed by atoms with van der Waals surface area (Å²) in [5.41, 5.74) is 0.898. The Morgan fingerprint density at radius 1 is 1.17 bits per heavy atom. The minimum absolute atomic E-state index is 0.0728. The van der Waals surface area contributed by atoms with E-state index in [9.17, 15) is 5.11 Å². The fourth-order valence-corrected chi connectivity index (χ4v) is 2.71. The molecular weight excluding hydrogens is 296 g/mol. The lowest BCUT2D eigenvalue weighted by Gasteiger charge is -2.37. The van der Waals surface area contributed by atoms with E-state index in [4.69, 9.17) is 9.47 Å². The molecule has 23 heavy (non-hydrogen) atoms. The van der Waals surface area contributed by atoms with Crippen LogP contribution in [0.15, 0.2) is 30.5 Å². The molecule has 1 saturated carbocycles. The zero-order chi connectivity index (χ0) is 16.2. The quantitative estimate of drug-likeness (QED) is 0.840. The number of pyridine rings is 1. The number of hydrogen-bond donors (Lipinski definition) is 2. The summed E-state index contributed by atoms with van der Waals surface area (Å²) in [6.45, 7) is 0. The number of hydrogen-bond acceptors (Lipinski definition) is 7.